The lowest BCUT2D eigenvalue weighted by Gasteiger charge is -2.11. The van der Waals surface area contributed by atoms with Gasteiger partial charge in [-0.2, -0.15) is 0 Å². The van der Waals surface area contributed by atoms with Gasteiger partial charge in [-0.25, -0.2) is 4.79 Å². The largest absolute Gasteiger partial charge is 0.465 e. The number of carbonyl (C=O) groups is 1. The Hall–Kier alpha value is -1.95. The number of nitrogens with one attached hydrogen (secondary N) is 1. The molecule has 104 valence electrons. The third-order valence-electron chi connectivity index (χ3n) is 2.90. The number of benzene rings is 1. The average Bonchev–Trinajstić information content (AvgIpc) is 2.78. The quantitative estimate of drug-likeness (QED) is 0.744. The van der Waals surface area contributed by atoms with Crippen LogP contribution in [0.2, 0.25) is 0 Å². The van der Waals surface area contributed by atoms with Crippen molar-refractivity contribution in [2.45, 2.75) is 19.6 Å². The van der Waals surface area contributed by atoms with Gasteiger partial charge in [-0.05, 0) is 30.0 Å². The van der Waals surface area contributed by atoms with Crippen molar-refractivity contribution in [1.29, 1.82) is 0 Å². The summed E-state index contributed by atoms with van der Waals surface area (Å²) < 4.78 is 11.0. The number of carboxylic acid groups (broad SMARTS) is 1. The maximum Gasteiger partial charge on any atom is 0.404 e. The minimum Gasteiger partial charge on any atom is -0.465 e. The first-order chi connectivity index (χ1) is 9.08. The van der Waals surface area contributed by atoms with Crippen molar-refractivity contribution >= 4 is 6.09 Å². The zero-order valence-corrected chi connectivity index (χ0v) is 10.8. The molecule has 1 amide bonds. The fourth-order valence-electron chi connectivity index (χ4n) is 2.01. The van der Waals surface area contributed by atoms with Crippen molar-refractivity contribution in [2.75, 3.05) is 13.1 Å². The van der Waals surface area contributed by atoms with Crippen molar-refractivity contribution < 1.29 is 19.4 Å². The summed E-state index contributed by atoms with van der Waals surface area (Å²) in [5.41, 5.74) is 6.57. The fourth-order valence-corrected chi connectivity index (χ4v) is 2.01. The van der Waals surface area contributed by atoms with Gasteiger partial charge in [0.25, 0.3) is 6.29 Å². The second kappa shape index (κ2) is 5.79. The molecule has 6 heteroatoms. The molecule has 19 heavy (non-hydrogen) atoms. The first-order valence-corrected chi connectivity index (χ1v) is 6.21. The topological polar surface area (TPSA) is 93.8 Å². The van der Waals surface area contributed by atoms with Gasteiger partial charge in [0.15, 0.2) is 11.5 Å². The molecular formula is C13H18N2O4. The third kappa shape index (κ3) is 3.51. The number of hydrogen-bond acceptors (Lipinski definition) is 4. The van der Waals surface area contributed by atoms with E-state index in [1.165, 1.54) is 0 Å². The summed E-state index contributed by atoms with van der Waals surface area (Å²) in [5.74, 6) is 1.61. The van der Waals surface area contributed by atoms with Crippen molar-refractivity contribution in [3.05, 3.63) is 23.8 Å². The average molecular weight is 266 g/mol. The van der Waals surface area contributed by atoms with Crippen molar-refractivity contribution in [2.24, 2.45) is 11.7 Å². The van der Waals surface area contributed by atoms with E-state index in [1.54, 1.807) is 0 Å². The molecule has 4 N–H and O–H groups in total. The van der Waals surface area contributed by atoms with Crippen molar-refractivity contribution in [3.8, 4) is 11.5 Å². The van der Waals surface area contributed by atoms with E-state index in [4.69, 9.17) is 20.3 Å². The summed E-state index contributed by atoms with van der Waals surface area (Å²) >= 11 is 0. The molecule has 0 spiro atoms. The Bertz CT molecular complexity index is 464. The molecule has 1 heterocycles. The van der Waals surface area contributed by atoms with Gasteiger partial charge in [-0.1, -0.05) is 13.0 Å². The van der Waals surface area contributed by atoms with E-state index < -0.39 is 12.4 Å². The molecule has 0 bridgehead atoms. The maximum absolute atomic E-state index is 10.4. The fraction of sp³-hybridized carbons (Fsp3) is 0.462. The molecule has 0 aromatic heterocycles. The van der Waals surface area contributed by atoms with Crippen LogP contribution in [0.3, 0.4) is 0 Å². The molecule has 6 nitrogen and oxygen atoms in total. The second-order valence-corrected chi connectivity index (χ2v) is 4.68. The molecule has 0 saturated heterocycles. The van der Waals surface area contributed by atoms with Crippen LogP contribution in [0, 0.1) is 5.92 Å². The Morgan fingerprint density at radius 2 is 2.21 bits per heavy atom. The van der Waals surface area contributed by atoms with Crippen LogP contribution >= 0.6 is 0 Å². The SMILES string of the molecule is CC(CNC(=O)O)Cc1ccc2c(c1)OC(CN)O2. The van der Waals surface area contributed by atoms with Gasteiger partial charge < -0.3 is 25.6 Å². The van der Waals surface area contributed by atoms with Gasteiger partial charge >= 0.3 is 6.09 Å². The molecule has 2 rings (SSSR count). The van der Waals surface area contributed by atoms with Gasteiger partial charge in [0.2, 0.25) is 0 Å². The van der Waals surface area contributed by atoms with Crippen LogP contribution in [0.15, 0.2) is 18.2 Å². The number of nitrogens with two attached hydrogens (primary N) is 1. The lowest BCUT2D eigenvalue weighted by Crippen LogP contribution is -2.27. The van der Waals surface area contributed by atoms with E-state index >= 15 is 0 Å². The van der Waals surface area contributed by atoms with Crippen LogP contribution in [0.4, 0.5) is 4.79 Å². The van der Waals surface area contributed by atoms with E-state index in [9.17, 15) is 4.79 Å². The van der Waals surface area contributed by atoms with Crippen LogP contribution in [-0.2, 0) is 6.42 Å². The van der Waals surface area contributed by atoms with Crippen molar-refractivity contribution in [1.82, 2.24) is 5.32 Å². The summed E-state index contributed by atoms with van der Waals surface area (Å²) in [7, 11) is 0. The number of hydrogen-bond donors (Lipinski definition) is 3. The maximum atomic E-state index is 10.4. The Balaban J connectivity index is 1.94. The molecule has 1 aromatic carbocycles. The normalized spacial score (nSPS) is 18.1. The predicted molar refractivity (Wildman–Crippen MR) is 69.4 cm³/mol. The Labute approximate surface area is 111 Å². The lowest BCUT2D eigenvalue weighted by molar-refractivity contribution is 0.0580. The Kier molecular flexibility index (Phi) is 4.11. The Morgan fingerprint density at radius 3 is 2.89 bits per heavy atom. The summed E-state index contributed by atoms with van der Waals surface area (Å²) in [6, 6.07) is 5.73. The summed E-state index contributed by atoms with van der Waals surface area (Å²) in [4.78, 5) is 10.4. The first-order valence-electron chi connectivity index (χ1n) is 6.21. The van der Waals surface area contributed by atoms with E-state index in [-0.39, 0.29) is 5.92 Å². The van der Waals surface area contributed by atoms with Crippen LogP contribution in [0.25, 0.3) is 0 Å². The van der Waals surface area contributed by atoms with Crippen molar-refractivity contribution in [3.63, 3.8) is 0 Å². The van der Waals surface area contributed by atoms with Crippen LogP contribution in [0.1, 0.15) is 12.5 Å². The molecule has 0 aliphatic carbocycles. The molecule has 2 atom stereocenters. The smallest absolute Gasteiger partial charge is 0.404 e. The number of rotatable bonds is 5. The number of ether oxygens (including phenoxy) is 2. The van der Waals surface area contributed by atoms with E-state index in [2.05, 4.69) is 5.32 Å². The van der Waals surface area contributed by atoms with Gasteiger partial charge in [0.05, 0.1) is 6.54 Å². The molecule has 1 aliphatic rings. The summed E-state index contributed by atoms with van der Waals surface area (Å²) in [6.45, 7) is 2.72. The van der Waals surface area contributed by atoms with Gasteiger partial charge in [-0.3, -0.25) is 0 Å². The molecule has 0 saturated carbocycles. The number of fused-ring (bicyclic) bond motifs is 1. The number of amides is 1. The predicted octanol–water partition coefficient (Wildman–Crippen LogP) is 1.19. The molecule has 1 aromatic rings. The van der Waals surface area contributed by atoms with E-state index in [1.807, 2.05) is 25.1 Å². The highest BCUT2D eigenvalue weighted by atomic mass is 16.7. The minimum absolute atomic E-state index is 0.210. The standard InChI is InChI=1S/C13H18N2O4/c1-8(7-15-13(16)17)4-9-2-3-10-11(5-9)19-12(6-14)18-10/h2-3,5,8,12,15H,4,6-7,14H2,1H3,(H,16,17). The second-order valence-electron chi connectivity index (χ2n) is 4.68. The molecule has 0 fully saturated rings. The molecule has 0 radical (unpaired) electrons. The van der Waals surface area contributed by atoms with Crippen LogP contribution in [0.5, 0.6) is 11.5 Å². The monoisotopic (exact) mass is 266 g/mol. The highest BCUT2D eigenvalue weighted by molar-refractivity contribution is 5.64. The van der Waals surface area contributed by atoms with E-state index in [0.717, 1.165) is 12.0 Å². The highest BCUT2D eigenvalue weighted by Crippen LogP contribution is 2.35. The van der Waals surface area contributed by atoms with Crippen LogP contribution < -0.4 is 20.5 Å². The zero-order chi connectivity index (χ0) is 13.8. The third-order valence-corrected chi connectivity index (χ3v) is 2.90. The summed E-state index contributed by atoms with van der Waals surface area (Å²) in [5, 5.41) is 10.9. The summed E-state index contributed by atoms with van der Waals surface area (Å²) in [6.07, 6.45) is -0.635. The zero-order valence-electron chi connectivity index (χ0n) is 10.8. The lowest BCUT2D eigenvalue weighted by atomic mass is 10.0. The van der Waals surface area contributed by atoms with E-state index in [0.29, 0.717) is 24.6 Å². The molecular weight excluding hydrogens is 248 g/mol. The molecule has 2 unspecified atom stereocenters. The van der Waals surface area contributed by atoms with Gasteiger partial charge in [0, 0.05) is 6.54 Å². The highest BCUT2D eigenvalue weighted by Gasteiger charge is 2.22. The Morgan fingerprint density at radius 1 is 1.47 bits per heavy atom. The minimum atomic E-state index is -0.997. The van der Waals surface area contributed by atoms with Gasteiger partial charge in [0.1, 0.15) is 0 Å². The van der Waals surface area contributed by atoms with Crippen LogP contribution in [-0.4, -0.2) is 30.6 Å². The van der Waals surface area contributed by atoms with Gasteiger partial charge in [-0.15, -0.1) is 0 Å². The molecule has 1 aliphatic heterocycles. The first kappa shape index (κ1) is 13.5.